The molecule has 3 aliphatic heterocycles. The van der Waals surface area contributed by atoms with Crippen LogP contribution in [0.25, 0.3) is 0 Å². The first kappa shape index (κ1) is 33.4. The lowest BCUT2D eigenvalue weighted by Gasteiger charge is -2.70. The van der Waals surface area contributed by atoms with Gasteiger partial charge in [-0.3, -0.25) is 14.5 Å². The van der Waals surface area contributed by atoms with Gasteiger partial charge in [0.15, 0.2) is 0 Å². The molecule has 2 amide bonds. The first-order chi connectivity index (χ1) is 24.1. The molecule has 0 N–H and O–H groups in total. The average molecular weight is 695 g/mol. The molecule has 1 aromatic rings. The Morgan fingerprint density at radius 3 is 2.52 bits per heavy atom. The second kappa shape index (κ2) is 11.3. The average Bonchev–Trinajstić information content (AvgIpc) is 3.78. The van der Waals surface area contributed by atoms with Gasteiger partial charge in [-0.1, -0.05) is 26.0 Å². The SMILES string of the molecule is CCN1C[C@@]2(COC(=O)c3ccccc3N3C(=O)C[C@H](C)C3=O)CC[C@H](OC)[C@@]34C5C[C@@H]6[C@@H](OC)[C@@H]5[C@]5(C[C@H]6OC)OCO[C@]5([C@@H](OC)[C@H]23)[C@@H]14. The van der Waals surface area contributed by atoms with Gasteiger partial charge in [-0.2, -0.15) is 0 Å². The van der Waals surface area contributed by atoms with Crippen molar-refractivity contribution in [3.05, 3.63) is 29.8 Å². The number of methoxy groups -OCH3 is 4. The third-order valence-electron chi connectivity index (χ3n) is 15.1. The minimum absolute atomic E-state index is 0.0457. The van der Waals surface area contributed by atoms with E-state index in [-0.39, 0.29) is 97.0 Å². The second-order valence-electron chi connectivity index (χ2n) is 16.3. The van der Waals surface area contributed by atoms with Gasteiger partial charge in [0.25, 0.3) is 0 Å². The van der Waals surface area contributed by atoms with Crippen molar-refractivity contribution in [2.75, 3.05) is 59.8 Å². The maximum Gasteiger partial charge on any atom is 0.340 e. The Bertz CT molecular complexity index is 1610. The number of hydrogen-bond acceptors (Lipinski definition) is 11. The predicted molar refractivity (Wildman–Crippen MR) is 177 cm³/mol. The number of amides is 2. The predicted octanol–water partition coefficient (Wildman–Crippen LogP) is 3.05. The van der Waals surface area contributed by atoms with Crippen LogP contribution in [0.4, 0.5) is 5.69 Å². The number of para-hydroxylation sites is 1. The number of ether oxygens (including phenoxy) is 7. The lowest BCUT2D eigenvalue weighted by Crippen LogP contribution is -2.81. The summed E-state index contributed by atoms with van der Waals surface area (Å²) in [6, 6.07) is 6.72. The standard InChI is InChI=1S/C38H50N2O10/c1-7-39-17-35(18-48-33(43)21-10-8-9-11-24(21)40-27(41)14-20(2)32(40)42)13-12-26(45-4)37-23-15-22-25(44-3)16-36(28(23)29(22)46-5)38(34(37)39,50-19-49-36)31(47-6)30(35)37/h8-11,20,22-23,25-26,28-31,34H,7,12-19H2,1-6H3/t20-,22-,23?,25+,26-,28+,29+,30+,31-,34-,35+,36-,37-,38+/m0/s1. The van der Waals surface area contributed by atoms with E-state index in [1.54, 1.807) is 45.4 Å². The van der Waals surface area contributed by atoms with Gasteiger partial charge in [-0.15, -0.1) is 0 Å². The van der Waals surface area contributed by atoms with Crippen molar-refractivity contribution in [2.45, 2.75) is 87.6 Å². The summed E-state index contributed by atoms with van der Waals surface area (Å²) in [5, 5.41) is 0. The molecule has 5 aliphatic carbocycles. The molecule has 12 nitrogen and oxygen atoms in total. The van der Waals surface area contributed by atoms with Crippen LogP contribution in [0.15, 0.2) is 24.3 Å². The van der Waals surface area contributed by atoms with Crippen molar-refractivity contribution >= 4 is 23.5 Å². The van der Waals surface area contributed by atoms with Crippen LogP contribution < -0.4 is 4.90 Å². The van der Waals surface area contributed by atoms with Crippen molar-refractivity contribution in [3.63, 3.8) is 0 Å². The summed E-state index contributed by atoms with van der Waals surface area (Å²) in [6.07, 6.45) is 2.77. The number of piperidine rings is 1. The first-order valence-electron chi connectivity index (χ1n) is 18.4. The highest BCUT2D eigenvalue weighted by molar-refractivity contribution is 6.22. The van der Waals surface area contributed by atoms with E-state index in [9.17, 15) is 14.4 Å². The molecule has 1 unspecified atom stereocenters. The lowest BCUT2D eigenvalue weighted by molar-refractivity contribution is -0.286. The molecule has 50 heavy (non-hydrogen) atoms. The van der Waals surface area contributed by atoms with Gasteiger partial charge in [-0.25, -0.2) is 9.69 Å². The molecule has 3 saturated heterocycles. The molecule has 14 atom stereocenters. The molecule has 3 heterocycles. The molecule has 3 spiro atoms. The van der Waals surface area contributed by atoms with E-state index in [2.05, 4.69) is 11.8 Å². The lowest BCUT2D eigenvalue weighted by atomic mass is 9.42. The molecule has 0 aromatic heterocycles. The molecule has 7 bridgehead atoms. The van der Waals surface area contributed by atoms with Gasteiger partial charge in [-0.05, 0) is 43.9 Å². The van der Waals surface area contributed by atoms with Gasteiger partial charge in [0.05, 0.1) is 48.3 Å². The van der Waals surface area contributed by atoms with Gasteiger partial charge in [0.2, 0.25) is 11.8 Å². The summed E-state index contributed by atoms with van der Waals surface area (Å²) in [6.45, 7) is 5.73. The zero-order valence-electron chi connectivity index (χ0n) is 29.9. The van der Waals surface area contributed by atoms with E-state index in [0.29, 0.717) is 13.0 Å². The Labute approximate surface area is 293 Å². The number of fused-ring (bicyclic) bond motifs is 1. The normalized spacial score (nSPS) is 48.3. The van der Waals surface area contributed by atoms with E-state index < -0.39 is 33.9 Å². The van der Waals surface area contributed by atoms with Crippen LogP contribution >= 0.6 is 0 Å². The molecular weight excluding hydrogens is 644 g/mol. The number of carbonyl (C=O) groups excluding carboxylic acids is 3. The van der Waals surface area contributed by atoms with Crippen molar-refractivity contribution in [1.82, 2.24) is 4.90 Å². The molecular formula is C38H50N2O10. The van der Waals surface area contributed by atoms with E-state index in [1.165, 1.54) is 0 Å². The van der Waals surface area contributed by atoms with E-state index in [0.717, 1.165) is 30.7 Å². The summed E-state index contributed by atoms with van der Waals surface area (Å²) < 4.78 is 46.5. The fourth-order valence-corrected chi connectivity index (χ4v) is 13.9. The third-order valence-corrected chi connectivity index (χ3v) is 15.1. The van der Waals surface area contributed by atoms with Gasteiger partial charge in [0, 0.05) is 82.3 Å². The number of anilines is 1. The Morgan fingerprint density at radius 2 is 1.84 bits per heavy atom. The summed E-state index contributed by atoms with van der Waals surface area (Å²) >= 11 is 0. The minimum atomic E-state index is -0.820. The molecule has 1 aromatic carbocycles. The smallest absolute Gasteiger partial charge is 0.340 e. The van der Waals surface area contributed by atoms with Crippen LogP contribution in [0.3, 0.4) is 0 Å². The number of hydrogen-bond donors (Lipinski definition) is 0. The van der Waals surface area contributed by atoms with Crippen molar-refractivity contribution in [2.24, 2.45) is 40.4 Å². The molecule has 9 rings (SSSR count). The highest BCUT2D eigenvalue weighted by Crippen LogP contribution is 2.82. The Balaban J connectivity index is 1.16. The largest absolute Gasteiger partial charge is 0.461 e. The Morgan fingerprint density at radius 1 is 1.04 bits per heavy atom. The van der Waals surface area contributed by atoms with Crippen LogP contribution in [0, 0.1) is 40.4 Å². The van der Waals surface area contributed by atoms with Gasteiger partial charge in [0.1, 0.15) is 18.0 Å². The number of likely N-dealkylation sites (tertiary alicyclic amines) is 1. The minimum Gasteiger partial charge on any atom is -0.461 e. The number of nitrogens with zero attached hydrogens (tertiary/aromatic N) is 2. The van der Waals surface area contributed by atoms with E-state index in [4.69, 9.17) is 33.2 Å². The number of esters is 1. The molecule has 5 saturated carbocycles. The third kappa shape index (κ3) is 3.64. The van der Waals surface area contributed by atoms with Crippen molar-refractivity contribution < 1.29 is 47.5 Å². The molecule has 272 valence electrons. The summed E-state index contributed by atoms with van der Waals surface area (Å²) in [5.41, 5.74) is -1.91. The topological polar surface area (TPSA) is 122 Å². The van der Waals surface area contributed by atoms with Crippen LogP contribution in [0.5, 0.6) is 0 Å². The zero-order valence-corrected chi connectivity index (χ0v) is 29.9. The maximum atomic E-state index is 14.2. The molecule has 12 heteroatoms. The highest BCUT2D eigenvalue weighted by atomic mass is 16.7. The fourth-order valence-electron chi connectivity index (χ4n) is 13.9. The monoisotopic (exact) mass is 694 g/mol. The van der Waals surface area contributed by atoms with Crippen LogP contribution in [0.1, 0.15) is 56.3 Å². The number of rotatable bonds is 9. The number of imide groups is 1. The summed E-state index contributed by atoms with van der Waals surface area (Å²) in [4.78, 5) is 43.8. The van der Waals surface area contributed by atoms with E-state index >= 15 is 0 Å². The van der Waals surface area contributed by atoms with Crippen molar-refractivity contribution in [3.8, 4) is 0 Å². The number of benzene rings is 1. The quantitative estimate of drug-likeness (QED) is 0.280. The van der Waals surface area contributed by atoms with Crippen molar-refractivity contribution in [1.29, 1.82) is 0 Å². The molecule has 0 radical (unpaired) electrons. The summed E-state index contributed by atoms with van der Waals surface area (Å²) in [7, 11) is 7.24. The molecule has 8 fully saturated rings. The van der Waals surface area contributed by atoms with Crippen LogP contribution in [-0.4, -0.2) is 119 Å². The second-order valence-corrected chi connectivity index (χ2v) is 16.3. The van der Waals surface area contributed by atoms with E-state index in [1.807, 2.05) is 14.2 Å². The Kier molecular flexibility index (Phi) is 7.53. The zero-order chi connectivity index (χ0) is 35.0. The maximum absolute atomic E-state index is 14.2. The fraction of sp³-hybridized carbons (Fsp3) is 0.763. The van der Waals surface area contributed by atoms with Gasteiger partial charge >= 0.3 is 5.97 Å². The molecule has 8 aliphatic rings. The van der Waals surface area contributed by atoms with Crippen LogP contribution in [0.2, 0.25) is 0 Å². The van der Waals surface area contributed by atoms with Gasteiger partial charge < -0.3 is 33.2 Å². The van der Waals surface area contributed by atoms with Crippen LogP contribution in [-0.2, 0) is 42.7 Å². The Hall–Kier alpha value is -2.45. The summed E-state index contributed by atoms with van der Waals surface area (Å²) in [5.74, 6) is -1.22. The highest BCUT2D eigenvalue weighted by Gasteiger charge is 2.94. The number of likely N-dealkylation sites (N-methyl/N-ethyl adjacent to an activating group) is 1. The number of carbonyl (C=O) groups is 3. The first-order valence-corrected chi connectivity index (χ1v) is 18.4.